The number of esters is 1. The molecular formula is C11H22NO5S+. The summed E-state index contributed by atoms with van der Waals surface area (Å²) >= 11 is 0. The summed E-state index contributed by atoms with van der Waals surface area (Å²) in [4.78, 5) is 10.9. The lowest BCUT2D eigenvalue weighted by atomic mass is 10.2. The van der Waals surface area contributed by atoms with Crippen molar-refractivity contribution in [1.82, 2.24) is 0 Å². The zero-order chi connectivity index (χ0) is 14.4. The monoisotopic (exact) mass is 280 g/mol. The molecule has 0 aliphatic rings. The standard InChI is InChI=1S/C11H21NO5S/c1-5-11(13)17-9-10(2)12(3,4)7-6-8-18(14,15)16/h5,10H,1,6-9H2,2-4H3/p+1. The predicted octanol–water partition coefficient (Wildman–Crippen LogP) is 0.458. The van der Waals surface area contributed by atoms with E-state index >= 15 is 0 Å². The van der Waals surface area contributed by atoms with Gasteiger partial charge in [0.05, 0.1) is 26.4 Å². The lowest BCUT2D eigenvalue weighted by Gasteiger charge is -2.35. The normalized spacial score (nSPS) is 14.0. The van der Waals surface area contributed by atoms with Crippen molar-refractivity contribution >= 4 is 16.1 Å². The van der Waals surface area contributed by atoms with Crippen LogP contribution in [0.5, 0.6) is 0 Å². The summed E-state index contributed by atoms with van der Waals surface area (Å²) in [6.45, 7) is 6.01. The molecule has 0 rings (SSSR count). The van der Waals surface area contributed by atoms with Crippen molar-refractivity contribution in [2.75, 3.05) is 33.0 Å². The number of hydrogen-bond donors (Lipinski definition) is 1. The van der Waals surface area contributed by atoms with Crippen LogP contribution in [0.15, 0.2) is 12.7 Å². The molecule has 0 aliphatic carbocycles. The zero-order valence-corrected chi connectivity index (χ0v) is 11.9. The SMILES string of the molecule is C=CC(=O)OCC(C)[N+](C)(C)CCCS(=O)(=O)O. The van der Waals surface area contributed by atoms with Crippen molar-refractivity contribution < 1.29 is 27.0 Å². The number of nitrogens with zero attached hydrogens (tertiary/aromatic N) is 1. The maximum atomic E-state index is 10.9. The maximum absolute atomic E-state index is 10.9. The van der Waals surface area contributed by atoms with Gasteiger partial charge >= 0.3 is 5.97 Å². The second-order valence-electron chi connectivity index (χ2n) is 4.83. The Morgan fingerprint density at radius 3 is 2.50 bits per heavy atom. The van der Waals surface area contributed by atoms with Gasteiger partial charge in [-0.25, -0.2) is 4.79 Å². The van der Waals surface area contributed by atoms with Crippen molar-refractivity contribution in [2.45, 2.75) is 19.4 Å². The quantitative estimate of drug-likeness (QED) is 0.302. The number of likely N-dealkylation sites (N-methyl/N-ethyl adjacent to an activating group) is 1. The van der Waals surface area contributed by atoms with E-state index in [-0.39, 0.29) is 18.4 Å². The Hall–Kier alpha value is -0.920. The van der Waals surface area contributed by atoms with Gasteiger partial charge in [-0.2, -0.15) is 8.42 Å². The number of carbonyl (C=O) groups is 1. The van der Waals surface area contributed by atoms with Gasteiger partial charge < -0.3 is 9.22 Å². The third-order valence-corrected chi connectivity index (χ3v) is 3.77. The minimum atomic E-state index is -3.91. The Bertz CT molecular complexity index is 388. The summed E-state index contributed by atoms with van der Waals surface area (Å²) in [6.07, 6.45) is 1.45. The molecule has 7 heteroatoms. The summed E-state index contributed by atoms with van der Waals surface area (Å²) in [7, 11) is -0.0844. The van der Waals surface area contributed by atoms with E-state index in [9.17, 15) is 13.2 Å². The third-order valence-electron chi connectivity index (χ3n) is 2.96. The number of ether oxygens (including phenoxy) is 1. The molecule has 0 aliphatic heterocycles. The summed E-state index contributed by atoms with van der Waals surface area (Å²) in [6, 6.07) is 0.0234. The molecule has 0 heterocycles. The molecule has 106 valence electrons. The van der Waals surface area contributed by atoms with Crippen LogP contribution in [-0.4, -0.2) is 62.5 Å². The van der Waals surface area contributed by atoms with Crippen LogP contribution in [0.2, 0.25) is 0 Å². The van der Waals surface area contributed by atoms with Gasteiger partial charge in [-0.15, -0.1) is 0 Å². The van der Waals surface area contributed by atoms with E-state index < -0.39 is 16.1 Å². The molecule has 0 saturated carbocycles. The number of hydrogen-bond acceptors (Lipinski definition) is 4. The first-order chi connectivity index (χ1) is 8.08. The van der Waals surface area contributed by atoms with E-state index in [0.29, 0.717) is 17.4 Å². The smallest absolute Gasteiger partial charge is 0.330 e. The van der Waals surface area contributed by atoms with Gasteiger partial charge in [0, 0.05) is 12.5 Å². The summed E-state index contributed by atoms with van der Waals surface area (Å²) < 4.78 is 35.3. The molecule has 1 atom stereocenters. The summed E-state index contributed by atoms with van der Waals surface area (Å²) in [5.41, 5.74) is 0. The number of rotatable bonds is 8. The van der Waals surface area contributed by atoms with E-state index in [1.807, 2.05) is 21.0 Å². The van der Waals surface area contributed by atoms with E-state index in [1.54, 1.807) is 0 Å². The molecular weight excluding hydrogens is 258 g/mol. The highest BCUT2D eigenvalue weighted by Gasteiger charge is 2.25. The Kier molecular flexibility index (Phi) is 6.51. The van der Waals surface area contributed by atoms with Crippen LogP contribution < -0.4 is 0 Å². The van der Waals surface area contributed by atoms with Gasteiger partial charge in [0.15, 0.2) is 0 Å². The first-order valence-electron chi connectivity index (χ1n) is 5.65. The van der Waals surface area contributed by atoms with E-state index in [2.05, 4.69) is 6.58 Å². The second kappa shape index (κ2) is 6.86. The molecule has 0 amide bonds. The summed E-state index contributed by atoms with van der Waals surface area (Å²) in [5.74, 6) is -0.729. The molecule has 0 saturated heterocycles. The van der Waals surface area contributed by atoms with Crippen molar-refractivity contribution in [3.05, 3.63) is 12.7 Å². The molecule has 0 aromatic heterocycles. The Labute approximate surface area is 109 Å². The lowest BCUT2D eigenvalue weighted by molar-refractivity contribution is -0.913. The molecule has 0 fully saturated rings. The van der Waals surface area contributed by atoms with Crippen LogP contribution in [0.25, 0.3) is 0 Å². The van der Waals surface area contributed by atoms with Crippen molar-refractivity contribution in [2.24, 2.45) is 0 Å². The Morgan fingerprint density at radius 2 is 2.06 bits per heavy atom. The molecule has 0 bridgehead atoms. The fraction of sp³-hybridized carbons (Fsp3) is 0.727. The van der Waals surface area contributed by atoms with E-state index in [4.69, 9.17) is 9.29 Å². The number of carbonyl (C=O) groups excluding carboxylic acids is 1. The lowest BCUT2D eigenvalue weighted by Crippen LogP contribution is -2.50. The van der Waals surface area contributed by atoms with Gasteiger partial charge in [0.25, 0.3) is 10.1 Å². The van der Waals surface area contributed by atoms with Crippen LogP contribution in [0.1, 0.15) is 13.3 Å². The molecule has 1 unspecified atom stereocenters. The van der Waals surface area contributed by atoms with Crippen LogP contribution in [0, 0.1) is 0 Å². The Balaban J connectivity index is 4.18. The van der Waals surface area contributed by atoms with Crippen molar-refractivity contribution in [1.29, 1.82) is 0 Å². The molecule has 0 radical (unpaired) electrons. The van der Waals surface area contributed by atoms with Gasteiger partial charge in [0.2, 0.25) is 0 Å². The minimum Gasteiger partial charge on any atom is -0.456 e. The van der Waals surface area contributed by atoms with Crippen molar-refractivity contribution in [3.8, 4) is 0 Å². The highest BCUT2D eigenvalue weighted by molar-refractivity contribution is 7.85. The average molecular weight is 280 g/mol. The highest BCUT2D eigenvalue weighted by Crippen LogP contribution is 2.09. The van der Waals surface area contributed by atoms with Crippen LogP contribution in [0.4, 0.5) is 0 Å². The third kappa shape index (κ3) is 7.41. The van der Waals surface area contributed by atoms with Gasteiger partial charge in [-0.05, 0) is 6.92 Å². The van der Waals surface area contributed by atoms with Gasteiger partial charge in [-0.1, -0.05) is 6.58 Å². The fourth-order valence-corrected chi connectivity index (χ4v) is 1.83. The second-order valence-corrected chi connectivity index (χ2v) is 6.40. The van der Waals surface area contributed by atoms with Crippen LogP contribution >= 0.6 is 0 Å². The molecule has 6 nitrogen and oxygen atoms in total. The van der Waals surface area contributed by atoms with Gasteiger partial charge in [-0.3, -0.25) is 4.55 Å². The zero-order valence-electron chi connectivity index (χ0n) is 11.1. The average Bonchev–Trinajstić information content (AvgIpc) is 2.22. The minimum absolute atomic E-state index is 0.0234. The maximum Gasteiger partial charge on any atom is 0.330 e. The highest BCUT2D eigenvalue weighted by atomic mass is 32.2. The fourth-order valence-electron chi connectivity index (χ4n) is 1.34. The first-order valence-corrected chi connectivity index (χ1v) is 7.26. The van der Waals surface area contributed by atoms with E-state index in [1.165, 1.54) is 0 Å². The largest absolute Gasteiger partial charge is 0.456 e. The predicted molar refractivity (Wildman–Crippen MR) is 68.6 cm³/mol. The molecule has 0 spiro atoms. The Morgan fingerprint density at radius 1 is 1.50 bits per heavy atom. The number of quaternary nitrogens is 1. The van der Waals surface area contributed by atoms with E-state index in [0.717, 1.165) is 6.08 Å². The van der Waals surface area contributed by atoms with Gasteiger partial charge in [0.1, 0.15) is 12.6 Å². The topological polar surface area (TPSA) is 80.7 Å². The summed E-state index contributed by atoms with van der Waals surface area (Å²) in [5, 5.41) is 0. The molecule has 1 N–H and O–H groups in total. The van der Waals surface area contributed by atoms with Crippen LogP contribution in [-0.2, 0) is 19.6 Å². The molecule has 18 heavy (non-hydrogen) atoms. The molecule has 0 aromatic carbocycles. The molecule has 0 aromatic rings. The first kappa shape index (κ1) is 17.1. The van der Waals surface area contributed by atoms with Crippen LogP contribution in [0.3, 0.4) is 0 Å². The van der Waals surface area contributed by atoms with Crippen molar-refractivity contribution in [3.63, 3.8) is 0 Å².